The molecule has 0 atom stereocenters. The average Bonchev–Trinajstić information content (AvgIpc) is 3.31. The number of halogens is 1. The minimum atomic E-state index is -2.59. The van der Waals surface area contributed by atoms with Gasteiger partial charge in [-0.2, -0.15) is 0 Å². The third-order valence-corrected chi connectivity index (χ3v) is 22.5. The van der Waals surface area contributed by atoms with E-state index in [1.165, 1.54) is 64.7 Å². The predicted molar refractivity (Wildman–Crippen MR) is 141 cm³/mol. The van der Waals surface area contributed by atoms with Gasteiger partial charge in [-0.15, -0.1) is 0 Å². The van der Waals surface area contributed by atoms with Gasteiger partial charge in [0.1, 0.15) is 0 Å². The maximum Gasteiger partial charge on any atom is -1.00 e. The summed E-state index contributed by atoms with van der Waals surface area (Å²) in [5, 5.41) is 0. The first-order valence-corrected chi connectivity index (χ1v) is 20.9. The van der Waals surface area contributed by atoms with Crippen molar-refractivity contribution in [2.75, 3.05) is 6.61 Å². The Kier molecular flexibility index (Phi) is 16.1. The number of hydrogen-bond donors (Lipinski definition) is 0. The summed E-state index contributed by atoms with van der Waals surface area (Å²) in [6.07, 6.45) is 17.0. The average molecular weight is 642 g/mol. The molecule has 1 aromatic heterocycles. The zero-order valence-corrected chi connectivity index (χ0v) is 26.5. The topological polar surface area (TPSA) is 35.1 Å². The molecule has 1 heterocycles. The molecule has 0 aliphatic rings. The molecule has 0 saturated heterocycles. The van der Waals surface area contributed by atoms with Crippen LogP contribution >= 0.6 is 0 Å². The third-order valence-electron chi connectivity index (χ3n) is 6.94. The molecule has 4 nitrogen and oxygen atoms in total. The van der Waals surface area contributed by atoms with Crippen molar-refractivity contribution in [1.82, 2.24) is 4.57 Å². The molecule has 0 unspecified atom stereocenters. The number of rotatable bonds is 17. The van der Waals surface area contributed by atoms with E-state index in [1.54, 1.807) is 3.58 Å². The fraction of sp³-hybridized carbons (Fsp3) is 0.643. The molecular formula is C28H47BrN2O2Sn. The quantitative estimate of drug-likeness (QED) is 0.115. The van der Waals surface area contributed by atoms with Crippen molar-refractivity contribution in [3.63, 3.8) is 0 Å². The molecule has 0 radical (unpaired) electrons. The van der Waals surface area contributed by atoms with Crippen LogP contribution in [-0.4, -0.2) is 35.5 Å². The molecule has 0 N–H and O–H groups in total. The first-order valence-electron chi connectivity index (χ1n) is 13.4. The zero-order valence-electron chi connectivity index (χ0n) is 22.0. The molecule has 0 aliphatic carbocycles. The molecule has 2 rings (SSSR count). The number of hydrogen-bond acceptors (Lipinski definition) is 2. The number of carbonyl (C=O) groups is 1. The van der Waals surface area contributed by atoms with E-state index in [4.69, 9.17) is 4.74 Å². The zero-order chi connectivity index (χ0) is 23.9. The van der Waals surface area contributed by atoms with Crippen LogP contribution in [0.3, 0.4) is 0 Å². The second-order valence-electron chi connectivity index (χ2n) is 9.43. The Balaban J connectivity index is 0.00000578. The van der Waals surface area contributed by atoms with Crippen LogP contribution in [0.15, 0.2) is 43.0 Å². The third kappa shape index (κ3) is 10.0. The van der Waals surface area contributed by atoms with Crippen molar-refractivity contribution in [2.45, 2.75) is 105 Å². The Morgan fingerprint density at radius 1 is 0.941 bits per heavy atom. The van der Waals surface area contributed by atoms with Gasteiger partial charge in [-0.1, -0.05) is 0 Å². The van der Waals surface area contributed by atoms with E-state index in [0.717, 1.165) is 18.7 Å². The standard InChI is InChI=1S/C11H20N2.C9H9O2.2C4H9.BrH.Sn/c1-3-5-6-7-8-13-10-9-12(4-2)11-13;1-2-11-9(10)8-6-4-3-5-7-8;2*1-3-4-2;;/h9-11H,1,3-8H2,2H3;3-4,6-7H,2H2,1H3;2*1,3-4H2,2H3;1H;/q+1;;;;;/p-1. The summed E-state index contributed by atoms with van der Waals surface area (Å²) in [6, 6.07) is 8.60. The van der Waals surface area contributed by atoms with Crippen molar-refractivity contribution in [3.05, 3.63) is 48.5 Å². The van der Waals surface area contributed by atoms with Crippen LogP contribution in [0.2, 0.25) is 13.3 Å². The van der Waals surface area contributed by atoms with Crippen LogP contribution in [0.4, 0.5) is 0 Å². The number of aromatic nitrogens is 2. The molecule has 0 fully saturated rings. The molecule has 0 amide bonds. The molecule has 0 spiro atoms. The summed E-state index contributed by atoms with van der Waals surface area (Å²) in [6.45, 7) is 11.3. The molecule has 2 aromatic rings. The number of ether oxygens (including phenoxy) is 1. The summed E-state index contributed by atoms with van der Waals surface area (Å²) in [5.74, 6) is -0.167. The number of imidazole rings is 1. The Morgan fingerprint density at radius 2 is 1.62 bits per heavy atom. The molecular weight excluding hydrogens is 595 g/mol. The van der Waals surface area contributed by atoms with Crippen LogP contribution in [0.1, 0.15) is 89.4 Å². The molecule has 0 aliphatic heterocycles. The van der Waals surface area contributed by atoms with E-state index < -0.39 is 18.4 Å². The summed E-state index contributed by atoms with van der Waals surface area (Å²) < 4.78 is 15.7. The van der Waals surface area contributed by atoms with Crippen LogP contribution in [-0.2, 0) is 17.8 Å². The van der Waals surface area contributed by atoms with Crippen molar-refractivity contribution in [2.24, 2.45) is 0 Å². The fourth-order valence-electron chi connectivity index (χ4n) is 4.90. The first-order chi connectivity index (χ1) is 16.1. The molecule has 192 valence electrons. The van der Waals surface area contributed by atoms with Gasteiger partial charge in [0.15, 0.2) is 0 Å². The number of carbonyl (C=O) groups excluding carboxylic acids is 1. The fourth-order valence-corrected chi connectivity index (χ4v) is 20.6. The van der Waals surface area contributed by atoms with Gasteiger partial charge in [-0.25, -0.2) is 0 Å². The number of nitrogens with zero attached hydrogens (tertiary/aromatic N) is 2. The van der Waals surface area contributed by atoms with Crippen LogP contribution in [0, 0.1) is 0 Å². The van der Waals surface area contributed by atoms with Gasteiger partial charge < -0.3 is 17.0 Å². The van der Waals surface area contributed by atoms with Crippen molar-refractivity contribution in [1.29, 1.82) is 0 Å². The minimum absolute atomic E-state index is 0. The number of aryl methyl sites for hydroxylation is 2. The van der Waals surface area contributed by atoms with Gasteiger partial charge in [0.05, 0.1) is 0 Å². The van der Waals surface area contributed by atoms with E-state index in [0.29, 0.717) is 6.61 Å². The van der Waals surface area contributed by atoms with E-state index >= 15 is 0 Å². The van der Waals surface area contributed by atoms with E-state index in [9.17, 15) is 4.79 Å². The summed E-state index contributed by atoms with van der Waals surface area (Å²) in [5.41, 5.74) is 0.750. The molecule has 34 heavy (non-hydrogen) atoms. The normalized spacial score (nSPS) is 11.3. The van der Waals surface area contributed by atoms with Crippen molar-refractivity contribution >= 4 is 27.9 Å². The largest absolute Gasteiger partial charge is 1.00 e. The van der Waals surface area contributed by atoms with Crippen molar-refractivity contribution in [3.8, 4) is 0 Å². The number of benzene rings is 1. The smallest absolute Gasteiger partial charge is 1.00 e. The predicted octanol–water partition coefficient (Wildman–Crippen LogP) is 3.49. The van der Waals surface area contributed by atoms with Crippen LogP contribution in [0.25, 0.3) is 0 Å². The van der Waals surface area contributed by atoms with Gasteiger partial charge in [-0.05, 0) is 0 Å². The Hall–Kier alpha value is -0.821. The van der Waals surface area contributed by atoms with Crippen LogP contribution in [0.5, 0.6) is 0 Å². The van der Waals surface area contributed by atoms with E-state index in [1.807, 2.05) is 13.0 Å². The van der Waals surface area contributed by atoms with Gasteiger partial charge in [0, 0.05) is 0 Å². The Morgan fingerprint density at radius 3 is 2.24 bits per heavy atom. The number of unbranched alkanes of at least 4 members (excludes halogenated alkanes) is 5. The van der Waals surface area contributed by atoms with Gasteiger partial charge in [-0.3, -0.25) is 0 Å². The SMILES string of the molecule is CCC[CH2][Sn]([CH2]CCC)([CH2]CCCCC[n+]1ccn(CC)c1)[c]1cccc(C(=O)OCC)c1.[Br-]. The Bertz CT molecular complexity index is 816. The van der Waals surface area contributed by atoms with Gasteiger partial charge in [0.25, 0.3) is 0 Å². The summed E-state index contributed by atoms with van der Waals surface area (Å²) in [4.78, 5) is 12.4. The van der Waals surface area contributed by atoms with E-state index in [-0.39, 0.29) is 23.0 Å². The second-order valence-corrected chi connectivity index (χ2v) is 22.7. The molecule has 1 aromatic carbocycles. The van der Waals surface area contributed by atoms with E-state index in [2.05, 4.69) is 66.8 Å². The number of esters is 1. The summed E-state index contributed by atoms with van der Waals surface area (Å²) >= 11 is -2.59. The maximum absolute atomic E-state index is 12.4. The van der Waals surface area contributed by atoms with Gasteiger partial charge in [0.2, 0.25) is 0 Å². The second kappa shape index (κ2) is 17.6. The van der Waals surface area contributed by atoms with Crippen molar-refractivity contribution < 1.29 is 31.1 Å². The molecule has 0 bridgehead atoms. The van der Waals surface area contributed by atoms with Crippen LogP contribution < -0.4 is 25.1 Å². The minimum Gasteiger partial charge on any atom is -1.00 e. The first kappa shape index (κ1) is 31.2. The summed E-state index contributed by atoms with van der Waals surface area (Å²) in [7, 11) is 0. The van der Waals surface area contributed by atoms with Gasteiger partial charge >= 0.3 is 207 Å². The monoisotopic (exact) mass is 642 g/mol. The molecule has 6 heteroatoms. The Labute approximate surface area is 223 Å². The maximum atomic E-state index is 12.4. The molecule has 0 saturated carbocycles.